The van der Waals surface area contributed by atoms with Gasteiger partial charge in [-0.05, 0) is 32.4 Å². The first-order valence-electron chi connectivity index (χ1n) is 5.54. The molecule has 1 aromatic carbocycles. The van der Waals surface area contributed by atoms with E-state index in [0.717, 1.165) is 13.1 Å². The third-order valence-corrected chi connectivity index (χ3v) is 3.04. The Balaban J connectivity index is 2.39. The van der Waals surface area contributed by atoms with E-state index in [-0.39, 0.29) is 5.54 Å². The highest BCUT2D eigenvalue weighted by molar-refractivity contribution is 5.55. The summed E-state index contributed by atoms with van der Waals surface area (Å²) in [6, 6.07) is 6.70. The molecule has 1 N–H and O–H groups in total. The van der Waals surface area contributed by atoms with E-state index in [1.54, 1.807) is 0 Å². The standard InChI is InChI=1S/C13H20N2/c1-10-5-6-12-11(7-10)8-14-13(2,3)9-15(12)4/h5-7,14H,8-9H2,1-4H3. The van der Waals surface area contributed by atoms with Crippen molar-refractivity contribution < 1.29 is 0 Å². The van der Waals surface area contributed by atoms with Gasteiger partial charge in [0.1, 0.15) is 0 Å². The fourth-order valence-corrected chi connectivity index (χ4v) is 2.30. The molecule has 1 aliphatic rings. The number of hydrogen-bond donors (Lipinski definition) is 1. The second-order valence-electron chi connectivity index (χ2n) is 5.23. The summed E-state index contributed by atoms with van der Waals surface area (Å²) in [5.74, 6) is 0. The van der Waals surface area contributed by atoms with Gasteiger partial charge in [-0.15, -0.1) is 0 Å². The van der Waals surface area contributed by atoms with Gasteiger partial charge in [-0.3, -0.25) is 0 Å². The Hall–Kier alpha value is -1.02. The van der Waals surface area contributed by atoms with Crippen LogP contribution in [0.15, 0.2) is 18.2 Å². The normalized spacial score (nSPS) is 19.6. The van der Waals surface area contributed by atoms with Crippen LogP contribution in [0.25, 0.3) is 0 Å². The van der Waals surface area contributed by atoms with Gasteiger partial charge < -0.3 is 10.2 Å². The second kappa shape index (κ2) is 3.53. The molecule has 0 saturated heterocycles. The van der Waals surface area contributed by atoms with Gasteiger partial charge in [-0.1, -0.05) is 17.7 Å². The molecule has 0 saturated carbocycles. The van der Waals surface area contributed by atoms with Gasteiger partial charge >= 0.3 is 0 Å². The third kappa shape index (κ3) is 2.15. The van der Waals surface area contributed by atoms with Crippen LogP contribution in [0.3, 0.4) is 0 Å². The molecule has 0 bridgehead atoms. The van der Waals surface area contributed by atoms with Crippen LogP contribution in [0.1, 0.15) is 25.0 Å². The number of likely N-dealkylation sites (N-methyl/N-ethyl adjacent to an activating group) is 1. The molecule has 0 radical (unpaired) electrons. The van der Waals surface area contributed by atoms with Crippen molar-refractivity contribution in [2.45, 2.75) is 32.9 Å². The number of aryl methyl sites for hydroxylation is 1. The van der Waals surface area contributed by atoms with Crippen LogP contribution >= 0.6 is 0 Å². The molecule has 0 aromatic heterocycles. The molecular weight excluding hydrogens is 184 g/mol. The lowest BCUT2D eigenvalue weighted by molar-refractivity contribution is 0.401. The molecule has 0 unspecified atom stereocenters. The third-order valence-electron chi connectivity index (χ3n) is 3.04. The minimum absolute atomic E-state index is 0.182. The van der Waals surface area contributed by atoms with Gasteiger partial charge in [0.15, 0.2) is 0 Å². The monoisotopic (exact) mass is 204 g/mol. The quantitative estimate of drug-likeness (QED) is 0.697. The zero-order valence-corrected chi connectivity index (χ0v) is 10.1. The summed E-state index contributed by atoms with van der Waals surface area (Å²) in [4.78, 5) is 2.34. The SMILES string of the molecule is Cc1ccc2c(c1)CNC(C)(C)CN2C. The molecule has 0 aliphatic carbocycles. The van der Waals surface area contributed by atoms with Crippen LogP contribution in [-0.4, -0.2) is 19.1 Å². The van der Waals surface area contributed by atoms with Gasteiger partial charge in [-0.2, -0.15) is 0 Å². The minimum atomic E-state index is 0.182. The van der Waals surface area contributed by atoms with E-state index in [1.165, 1.54) is 16.8 Å². The van der Waals surface area contributed by atoms with Crippen molar-refractivity contribution in [2.24, 2.45) is 0 Å². The summed E-state index contributed by atoms with van der Waals surface area (Å²) in [6.45, 7) is 8.66. The van der Waals surface area contributed by atoms with Crippen molar-refractivity contribution in [3.8, 4) is 0 Å². The number of benzene rings is 1. The molecular formula is C13H20N2. The molecule has 1 aliphatic heterocycles. The maximum absolute atomic E-state index is 3.59. The summed E-state index contributed by atoms with van der Waals surface area (Å²) in [5.41, 5.74) is 4.28. The predicted molar refractivity (Wildman–Crippen MR) is 65.4 cm³/mol. The van der Waals surface area contributed by atoms with E-state index in [2.05, 4.69) is 56.2 Å². The van der Waals surface area contributed by atoms with Gasteiger partial charge in [-0.25, -0.2) is 0 Å². The number of hydrogen-bond acceptors (Lipinski definition) is 2. The molecule has 0 amide bonds. The number of anilines is 1. The summed E-state index contributed by atoms with van der Waals surface area (Å²) < 4.78 is 0. The Kier molecular flexibility index (Phi) is 2.47. The number of fused-ring (bicyclic) bond motifs is 1. The molecule has 82 valence electrons. The van der Waals surface area contributed by atoms with Crippen molar-refractivity contribution in [2.75, 3.05) is 18.5 Å². The molecule has 0 atom stereocenters. The Morgan fingerprint density at radius 1 is 1.33 bits per heavy atom. The average molecular weight is 204 g/mol. The second-order valence-corrected chi connectivity index (χ2v) is 5.23. The summed E-state index contributed by atoms with van der Waals surface area (Å²) >= 11 is 0. The summed E-state index contributed by atoms with van der Waals surface area (Å²) in [7, 11) is 2.17. The molecule has 2 heteroatoms. The molecule has 1 heterocycles. The van der Waals surface area contributed by atoms with E-state index in [1.807, 2.05) is 0 Å². The molecule has 2 nitrogen and oxygen atoms in total. The molecule has 2 rings (SSSR count). The highest BCUT2D eigenvalue weighted by Gasteiger charge is 2.24. The van der Waals surface area contributed by atoms with Crippen molar-refractivity contribution in [3.05, 3.63) is 29.3 Å². The molecule has 1 aromatic rings. The zero-order chi connectivity index (χ0) is 11.1. The van der Waals surface area contributed by atoms with Gasteiger partial charge in [0.25, 0.3) is 0 Å². The van der Waals surface area contributed by atoms with Crippen LogP contribution in [0, 0.1) is 6.92 Å². The Morgan fingerprint density at radius 2 is 2.07 bits per heavy atom. The van der Waals surface area contributed by atoms with Crippen LogP contribution in [0.4, 0.5) is 5.69 Å². The van der Waals surface area contributed by atoms with Crippen LogP contribution in [-0.2, 0) is 6.54 Å². The molecule has 15 heavy (non-hydrogen) atoms. The first-order chi connectivity index (χ1) is 6.98. The van der Waals surface area contributed by atoms with E-state index in [4.69, 9.17) is 0 Å². The fourth-order valence-electron chi connectivity index (χ4n) is 2.30. The van der Waals surface area contributed by atoms with Crippen LogP contribution in [0.2, 0.25) is 0 Å². The molecule has 0 spiro atoms. The van der Waals surface area contributed by atoms with E-state index >= 15 is 0 Å². The number of nitrogens with one attached hydrogen (secondary N) is 1. The Bertz CT molecular complexity index is 369. The van der Waals surface area contributed by atoms with Crippen molar-refractivity contribution in [1.82, 2.24) is 5.32 Å². The van der Waals surface area contributed by atoms with Gasteiger partial charge in [0.05, 0.1) is 0 Å². The zero-order valence-electron chi connectivity index (χ0n) is 10.1. The van der Waals surface area contributed by atoms with E-state index < -0.39 is 0 Å². The lowest BCUT2D eigenvalue weighted by atomic mass is 10.1. The first-order valence-corrected chi connectivity index (χ1v) is 5.54. The van der Waals surface area contributed by atoms with Crippen LogP contribution in [0.5, 0.6) is 0 Å². The van der Waals surface area contributed by atoms with Gasteiger partial charge in [0.2, 0.25) is 0 Å². The van der Waals surface area contributed by atoms with E-state index in [0.29, 0.717) is 0 Å². The minimum Gasteiger partial charge on any atom is -0.373 e. The lowest BCUT2D eigenvalue weighted by Gasteiger charge is -2.29. The first kappa shape index (κ1) is 10.5. The fraction of sp³-hybridized carbons (Fsp3) is 0.538. The average Bonchev–Trinajstić information content (AvgIpc) is 2.23. The number of rotatable bonds is 0. The maximum Gasteiger partial charge on any atom is 0.0410 e. The van der Waals surface area contributed by atoms with Crippen molar-refractivity contribution in [1.29, 1.82) is 0 Å². The highest BCUT2D eigenvalue weighted by atomic mass is 15.2. The largest absolute Gasteiger partial charge is 0.373 e. The topological polar surface area (TPSA) is 15.3 Å². The highest BCUT2D eigenvalue weighted by Crippen LogP contribution is 2.25. The Labute approximate surface area is 92.3 Å². The number of nitrogens with zero attached hydrogens (tertiary/aromatic N) is 1. The summed E-state index contributed by atoms with van der Waals surface area (Å²) in [5, 5.41) is 3.59. The van der Waals surface area contributed by atoms with E-state index in [9.17, 15) is 0 Å². The predicted octanol–water partition coefficient (Wildman–Crippen LogP) is 2.31. The lowest BCUT2D eigenvalue weighted by Crippen LogP contribution is -2.45. The maximum atomic E-state index is 3.59. The summed E-state index contributed by atoms with van der Waals surface area (Å²) in [6.07, 6.45) is 0. The van der Waals surface area contributed by atoms with Gasteiger partial charge in [0, 0.05) is 31.4 Å². The molecule has 0 fully saturated rings. The van der Waals surface area contributed by atoms with Crippen molar-refractivity contribution >= 4 is 5.69 Å². The Morgan fingerprint density at radius 3 is 2.80 bits per heavy atom. The smallest absolute Gasteiger partial charge is 0.0410 e. The van der Waals surface area contributed by atoms with Crippen molar-refractivity contribution in [3.63, 3.8) is 0 Å². The van der Waals surface area contributed by atoms with Crippen LogP contribution < -0.4 is 10.2 Å².